The summed E-state index contributed by atoms with van der Waals surface area (Å²) in [5, 5.41) is 2.73. The van der Waals surface area contributed by atoms with Crippen molar-refractivity contribution in [3.05, 3.63) is 0 Å². The average molecular weight is 182 g/mol. The van der Waals surface area contributed by atoms with Crippen molar-refractivity contribution in [1.82, 2.24) is 10.2 Å². The third-order valence-electron chi connectivity index (χ3n) is 2.61. The summed E-state index contributed by atoms with van der Waals surface area (Å²) in [6.07, 6.45) is 2.14. The van der Waals surface area contributed by atoms with E-state index in [1.54, 1.807) is 0 Å². The summed E-state index contributed by atoms with van der Waals surface area (Å²) in [7, 11) is 0. The molecule has 2 rings (SSSR count). The van der Waals surface area contributed by atoms with E-state index < -0.39 is 0 Å². The third-order valence-corrected chi connectivity index (χ3v) is 2.61. The van der Waals surface area contributed by atoms with Gasteiger partial charge in [0, 0.05) is 6.04 Å². The second-order valence-electron chi connectivity index (χ2n) is 4.07. The highest BCUT2D eigenvalue weighted by molar-refractivity contribution is 6.04. The molecule has 0 spiro atoms. The zero-order valence-electron chi connectivity index (χ0n) is 7.91. The monoisotopic (exact) mass is 182 g/mol. The smallest absolute Gasteiger partial charge is 0.325 e. The van der Waals surface area contributed by atoms with E-state index in [1.165, 1.54) is 4.90 Å². The summed E-state index contributed by atoms with van der Waals surface area (Å²) >= 11 is 0. The highest BCUT2D eigenvalue weighted by Crippen LogP contribution is 2.35. The number of carbonyl (C=O) groups excluding carboxylic acids is 2. The number of hydrogen-bond donors (Lipinski definition) is 1. The average Bonchev–Trinajstić information content (AvgIpc) is 2.78. The van der Waals surface area contributed by atoms with Gasteiger partial charge in [0.25, 0.3) is 5.91 Å². The SMILES string of the molecule is CC(C)N1C(=O)NC(C2CC2)C1=O. The first kappa shape index (κ1) is 8.53. The number of urea groups is 1. The molecule has 1 saturated carbocycles. The maximum Gasteiger partial charge on any atom is 0.325 e. The van der Waals surface area contributed by atoms with E-state index in [-0.39, 0.29) is 24.0 Å². The molecule has 0 radical (unpaired) electrons. The molecule has 3 amide bonds. The van der Waals surface area contributed by atoms with Crippen molar-refractivity contribution in [3.63, 3.8) is 0 Å². The molecule has 2 fully saturated rings. The van der Waals surface area contributed by atoms with E-state index in [4.69, 9.17) is 0 Å². The Morgan fingerprint density at radius 3 is 2.38 bits per heavy atom. The van der Waals surface area contributed by atoms with Gasteiger partial charge in [0.2, 0.25) is 0 Å². The molecule has 1 saturated heterocycles. The Kier molecular flexibility index (Phi) is 1.78. The third kappa shape index (κ3) is 1.30. The van der Waals surface area contributed by atoms with Crippen LogP contribution in [0.2, 0.25) is 0 Å². The minimum atomic E-state index is -0.227. The van der Waals surface area contributed by atoms with Gasteiger partial charge in [-0.05, 0) is 32.6 Å². The summed E-state index contributed by atoms with van der Waals surface area (Å²) in [4.78, 5) is 24.4. The van der Waals surface area contributed by atoms with Gasteiger partial charge < -0.3 is 5.32 Å². The molecule has 72 valence electrons. The molecule has 0 bridgehead atoms. The van der Waals surface area contributed by atoms with Crippen molar-refractivity contribution in [1.29, 1.82) is 0 Å². The standard InChI is InChI=1S/C9H14N2O2/c1-5(2)11-8(12)7(6-3-4-6)10-9(11)13/h5-7H,3-4H2,1-2H3,(H,10,13). The van der Waals surface area contributed by atoms with Gasteiger partial charge in [-0.15, -0.1) is 0 Å². The summed E-state index contributed by atoms with van der Waals surface area (Å²) in [5.74, 6) is 0.364. The number of imide groups is 1. The Hall–Kier alpha value is -1.06. The first-order chi connectivity index (χ1) is 6.11. The summed E-state index contributed by atoms with van der Waals surface area (Å²) in [6.45, 7) is 3.71. The van der Waals surface area contributed by atoms with Crippen LogP contribution in [-0.4, -0.2) is 28.9 Å². The van der Waals surface area contributed by atoms with Crippen molar-refractivity contribution in [2.75, 3.05) is 0 Å². The van der Waals surface area contributed by atoms with Gasteiger partial charge in [-0.2, -0.15) is 0 Å². The Bertz CT molecular complexity index is 258. The van der Waals surface area contributed by atoms with E-state index in [9.17, 15) is 9.59 Å². The van der Waals surface area contributed by atoms with Crippen molar-refractivity contribution in [3.8, 4) is 0 Å². The van der Waals surface area contributed by atoms with Gasteiger partial charge in [-0.3, -0.25) is 9.69 Å². The predicted molar refractivity (Wildman–Crippen MR) is 47.0 cm³/mol. The lowest BCUT2D eigenvalue weighted by Gasteiger charge is -2.16. The van der Waals surface area contributed by atoms with Crippen LogP contribution < -0.4 is 5.32 Å². The Labute approximate surface area is 77.3 Å². The van der Waals surface area contributed by atoms with E-state index in [0.29, 0.717) is 5.92 Å². The lowest BCUT2D eigenvalue weighted by Crippen LogP contribution is -2.37. The second kappa shape index (κ2) is 2.72. The minimum Gasteiger partial charge on any atom is -0.326 e. The zero-order valence-corrected chi connectivity index (χ0v) is 7.91. The molecule has 1 unspecified atom stereocenters. The molecule has 4 nitrogen and oxygen atoms in total. The van der Waals surface area contributed by atoms with Crippen molar-refractivity contribution in [2.24, 2.45) is 5.92 Å². The summed E-state index contributed by atoms with van der Waals surface area (Å²) in [6, 6.07) is -0.483. The van der Waals surface area contributed by atoms with Crippen LogP contribution in [0.1, 0.15) is 26.7 Å². The second-order valence-corrected chi connectivity index (χ2v) is 4.07. The van der Waals surface area contributed by atoms with Crippen LogP contribution >= 0.6 is 0 Å². The van der Waals surface area contributed by atoms with E-state index in [0.717, 1.165) is 12.8 Å². The van der Waals surface area contributed by atoms with E-state index in [2.05, 4.69) is 5.32 Å². The molecule has 0 aromatic heterocycles. The maximum absolute atomic E-state index is 11.7. The van der Waals surface area contributed by atoms with Gasteiger partial charge in [0.1, 0.15) is 6.04 Å². The molecule has 0 aromatic rings. The highest BCUT2D eigenvalue weighted by Gasteiger charge is 2.46. The van der Waals surface area contributed by atoms with Crippen LogP contribution in [0.5, 0.6) is 0 Å². The maximum atomic E-state index is 11.7. The molecule has 2 aliphatic rings. The van der Waals surface area contributed by atoms with Crippen molar-refractivity contribution >= 4 is 11.9 Å². The van der Waals surface area contributed by atoms with Crippen LogP contribution in [0.3, 0.4) is 0 Å². The topological polar surface area (TPSA) is 49.4 Å². The fourth-order valence-corrected chi connectivity index (χ4v) is 1.75. The molecular formula is C9H14N2O2. The molecule has 1 aliphatic carbocycles. The first-order valence-electron chi connectivity index (χ1n) is 4.75. The Morgan fingerprint density at radius 1 is 1.38 bits per heavy atom. The van der Waals surface area contributed by atoms with Crippen LogP contribution in [0.25, 0.3) is 0 Å². The van der Waals surface area contributed by atoms with Crippen LogP contribution in [-0.2, 0) is 4.79 Å². The minimum absolute atomic E-state index is 0.0313. The Balaban J connectivity index is 2.13. The van der Waals surface area contributed by atoms with E-state index >= 15 is 0 Å². The molecule has 1 N–H and O–H groups in total. The number of nitrogens with one attached hydrogen (secondary N) is 1. The van der Waals surface area contributed by atoms with Gasteiger partial charge >= 0.3 is 6.03 Å². The quantitative estimate of drug-likeness (QED) is 0.640. The molecule has 1 heterocycles. The highest BCUT2D eigenvalue weighted by atomic mass is 16.2. The number of nitrogens with zero attached hydrogens (tertiary/aromatic N) is 1. The van der Waals surface area contributed by atoms with Gasteiger partial charge in [-0.1, -0.05) is 0 Å². The lowest BCUT2D eigenvalue weighted by atomic mass is 10.2. The first-order valence-corrected chi connectivity index (χ1v) is 4.75. The fraction of sp³-hybridized carbons (Fsp3) is 0.778. The number of amides is 3. The number of rotatable bonds is 2. The van der Waals surface area contributed by atoms with Gasteiger partial charge in [0.05, 0.1) is 0 Å². The largest absolute Gasteiger partial charge is 0.326 e. The fourth-order valence-electron chi connectivity index (χ4n) is 1.75. The van der Waals surface area contributed by atoms with Gasteiger partial charge in [-0.25, -0.2) is 4.79 Å². The zero-order chi connectivity index (χ0) is 9.59. The predicted octanol–water partition coefficient (Wildman–Crippen LogP) is 0.725. The molecule has 0 aromatic carbocycles. The van der Waals surface area contributed by atoms with E-state index in [1.807, 2.05) is 13.8 Å². The van der Waals surface area contributed by atoms with Crippen LogP contribution in [0.4, 0.5) is 4.79 Å². The van der Waals surface area contributed by atoms with Crippen molar-refractivity contribution < 1.29 is 9.59 Å². The molecule has 13 heavy (non-hydrogen) atoms. The Morgan fingerprint density at radius 2 is 2.00 bits per heavy atom. The number of carbonyl (C=O) groups is 2. The normalized spacial score (nSPS) is 28.5. The molecular weight excluding hydrogens is 168 g/mol. The molecule has 1 aliphatic heterocycles. The summed E-state index contributed by atoms with van der Waals surface area (Å²) in [5.41, 5.74) is 0. The summed E-state index contributed by atoms with van der Waals surface area (Å²) < 4.78 is 0. The molecule has 4 heteroatoms. The molecule has 1 atom stereocenters. The van der Waals surface area contributed by atoms with Gasteiger partial charge in [0.15, 0.2) is 0 Å². The van der Waals surface area contributed by atoms with Crippen LogP contribution in [0.15, 0.2) is 0 Å². The van der Waals surface area contributed by atoms with Crippen molar-refractivity contribution in [2.45, 2.75) is 38.8 Å². The number of hydrogen-bond acceptors (Lipinski definition) is 2. The lowest BCUT2D eigenvalue weighted by molar-refractivity contribution is -0.128. The van der Waals surface area contributed by atoms with Crippen LogP contribution in [0, 0.1) is 5.92 Å².